The fourth-order valence-corrected chi connectivity index (χ4v) is 1.37. The maximum atomic E-state index is 11.8. The average molecular weight is 251 g/mol. The fraction of sp³-hybridized carbons (Fsp3) is 0.417. The van der Waals surface area contributed by atoms with Crippen molar-refractivity contribution in [2.75, 3.05) is 19.7 Å². The van der Waals surface area contributed by atoms with Gasteiger partial charge in [0.05, 0.1) is 0 Å². The van der Waals surface area contributed by atoms with Gasteiger partial charge in [0.2, 0.25) is 0 Å². The van der Waals surface area contributed by atoms with Crippen LogP contribution in [0.3, 0.4) is 0 Å². The number of carbonyl (C=O) groups is 2. The smallest absolute Gasteiger partial charge is 0.356 e. The third-order valence-electron chi connectivity index (χ3n) is 2.24. The van der Waals surface area contributed by atoms with E-state index in [4.69, 9.17) is 4.74 Å². The minimum Gasteiger partial charge on any atom is -0.451 e. The molecule has 0 aromatic carbocycles. The van der Waals surface area contributed by atoms with Crippen LogP contribution < -0.4 is 0 Å². The minimum atomic E-state index is -0.591. The Morgan fingerprint density at radius 2 is 2.28 bits per heavy atom. The quantitative estimate of drug-likeness (QED) is 0.604. The van der Waals surface area contributed by atoms with Crippen molar-refractivity contribution in [1.29, 1.82) is 0 Å². The molecule has 0 unspecified atom stereocenters. The molecule has 0 aliphatic rings. The summed E-state index contributed by atoms with van der Waals surface area (Å²) in [5.41, 5.74) is 1.11. The summed E-state index contributed by atoms with van der Waals surface area (Å²) in [6.45, 7) is 8.18. The monoisotopic (exact) mass is 251 g/mol. The van der Waals surface area contributed by atoms with Gasteiger partial charge in [-0.1, -0.05) is 12.2 Å². The summed E-state index contributed by atoms with van der Waals surface area (Å²) in [5, 5.41) is 6.10. The number of rotatable bonds is 6. The van der Waals surface area contributed by atoms with Crippen LogP contribution in [0.5, 0.6) is 0 Å². The van der Waals surface area contributed by atoms with Crippen LogP contribution in [0.4, 0.5) is 0 Å². The van der Waals surface area contributed by atoms with Crippen molar-refractivity contribution in [3.05, 3.63) is 30.1 Å². The number of nitrogens with one attached hydrogen (secondary N) is 1. The van der Waals surface area contributed by atoms with Crippen LogP contribution in [-0.4, -0.2) is 46.7 Å². The summed E-state index contributed by atoms with van der Waals surface area (Å²) < 4.78 is 4.88. The molecule has 1 N–H and O–H groups in total. The summed E-state index contributed by atoms with van der Waals surface area (Å²) in [7, 11) is 0. The van der Waals surface area contributed by atoms with Crippen molar-refractivity contribution in [1.82, 2.24) is 15.1 Å². The van der Waals surface area contributed by atoms with Crippen LogP contribution in [0, 0.1) is 0 Å². The Bertz CT molecular complexity index is 426. The Hall–Kier alpha value is -2.11. The fourth-order valence-electron chi connectivity index (χ4n) is 1.37. The first kappa shape index (κ1) is 14.0. The van der Waals surface area contributed by atoms with Crippen LogP contribution in [0.1, 0.15) is 24.3 Å². The van der Waals surface area contributed by atoms with Crippen LogP contribution >= 0.6 is 0 Å². The highest BCUT2D eigenvalue weighted by atomic mass is 16.5. The van der Waals surface area contributed by atoms with Gasteiger partial charge in [-0.05, 0) is 19.9 Å². The zero-order chi connectivity index (χ0) is 13.5. The third kappa shape index (κ3) is 4.04. The number of esters is 1. The van der Waals surface area contributed by atoms with E-state index in [9.17, 15) is 9.59 Å². The van der Waals surface area contributed by atoms with Gasteiger partial charge >= 0.3 is 5.97 Å². The predicted octanol–water partition coefficient (Wildman–Crippen LogP) is 0.991. The number of hydrogen-bond donors (Lipinski definition) is 1. The van der Waals surface area contributed by atoms with E-state index in [-0.39, 0.29) is 18.2 Å². The molecule has 0 aliphatic carbocycles. The molecule has 0 fully saturated rings. The van der Waals surface area contributed by atoms with E-state index >= 15 is 0 Å². The van der Waals surface area contributed by atoms with E-state index in [1.807, 2.05) is 13.8 Å². The lowest BCUT2D eigenvalue weighted by atomic mass is 10.3. The highest BCUT2D eigenvalue weighted by Crippen LogP contribution is 1.99. The number of likely N-dealkylation sites (N-methyl/N-ethyl adjacent to an activating group) is 1. The molecule has 0 atom stereocenters. The third-order valence-corrected chi connectivity index (χ3v) is 2.24. The van der Waals surface area contributed by atoms with E-state index in [0.717, 1.165) is 5.57 Å². The highest BCUT2D eigenvalue weighted by molar-refractivity contribution is 5.89. The number of hydrogen-bond acceptors (Lipinski definition) is 4. The molecule has 1 aromatic heterocycles. The maximum absolute atomic E-state index is 11.8. The van der Waals surface area contributed by atoms with Gasteiger partial charge in [0, 0.05) is 19.3 Å². The molecular weight excluding hydrogens is 234 g/mol. The first-order valence-electron chi connectivity index (χ1n) is 5.63. The number of amides is 1. The Labute approximate surface area is 106 Å². The van der Waals surface area contributed by atoms with Gasteiger partial charge in [0.1, 0.15) is 5.69 Å². The topological polar surface area (TPSA) is 75.3 Å². The van der Waals surface area contributed by atoms with E-state index < -0.39 is 5.97 Å². The Kier molecular flexibility index (Phi) is 5.10. The lowest BCUT2D eigenvalue weighted by Crippen LogP contribution is -2.35. The van der Waals surface area contributed by atoms with Gasteiger partial charge in [-0.3, -0.25) is 9.89 Å². The zero-order valence-electron chi connectivity index (χ0n) is 10.6. The van der Waals surface area contributed by atoms with Crippen LogP contribution in [0.15, 0.2) is 24.4 Å². The zero-order valence-corrected chi connectivity index (χ0v) is 10.6. The number of aromatic amines is 1. The second-order valence-corrected chi connectivity index (χ2v) is 3.91. The van der Waals surface area contributed by atoms with Gasteiger partial charge in [-0.25, -0.2) is 4.79 Å². The standard InChI is InChI=1S/C12H17N3O3/c1-4-15(7-9(2)3)11(16)8-18-12(17)10-5-6-13-14-10/h5-6H,2,4,7-8H2,1,3H3,(H,13,14). The summed E-state index contributed by atoms with van der Waals surface area (Å²) >= 11 is 0. The highest BCUT2D eigenvalue weighted by Gasteiger charge is 2.15. The molecule has 0 saturated heterocycles. The molecule has 0 bridgehead atoms. The van der Waals surface area contributed by atoms with Crippen molar-refractivity contribution in [2.45, 2.75) is 13.8 Å². The van der Waals surface area contributed by atoms with Crippen molar-refractivity contribution in [3.8, 4) is 0 Å². The van der Waals surface area contributed by atoms with Gasteiger partial charge in [-0.2, -0.15) is 5.10 Å². The van der Waals surface area contributed by atoms with Crippen LogP contribution in [0.25, 0.3) is 0 Å². The van der Waals surface area contributed by atoms with E-state index in [2.05, 4.69) is 16.8 Å². The van der Waals surface area contributed by atoms with Gasteiger partial charge in [0.25, 0.3) is 5.91 Å². The van der Waals surface area contributed by atoms with Crippen LogP contribution in [0.2, 0.25) is 0 Å². The summed E-state index contributed by atoms with van der Waals surface area (Å²) in [6.07, 6.45) is 1.44. The van der Waals surface area contributed by atoms with Crippen molar-refractivity contribution >= 4 is 11.9 Å². The second kappa shape index (κ2) is 6.58. The molecule has 6 nitrogen and oxygen atoms in total. The number of aromatic nitrogens is 2. The molecular formula is C12H17N3O3. The second-order valence-electron chi connectivity index (χ2n) is 3.91. The first-order valence-corrected chi connectivity index (χ1v) is 5.63. The van der Waals surface area contributed by atoms with Crippen molar-refractivity contribution in [2.24, 2.45) is 0 Å². The SMILES string of the molecule is C=C(C)CN(CC)C(=O)COC(=O)c1ccn[nH]1. The normalized spacial score (nSPS) is 9.89. The maximum Gasteiger partial charge on any atom is 0.356 e. The summed E-state index contributed by atoms with van der Waals surface area (Å²) in [4.78, 5) is 24.8. The molecule has 1 heterocycles. The average Bonchev–Trinajstić information content (AvgIpc) is 2.86. The van der Waals surface area contributed by atoms with E-state index in [1.54, 1.807) is 4.90 Å². The largest absolute Gasteiger partial charge is 0.451 e. The van der Waals surface area contributed by atoms with Crippen molar-refractivity contribution < 1.29 is 14.3 Å². The number of carbonyl (C=O) groups excluding carboxylic acids is 2. The summed E-state index contributed by atoms with van der Waals surface area (Å²) in [6, 6.07) is 1.48. The first-order chi connectivity index (χ1) is 8.54. The van der Waals surface area contributed by atoms with Gasteiger partial charge in [0.15, 0.2) is 6.61 Å². The predicted molar refractivity (Wildman–Crippen MR) is 65.9 cm³/mol. The molecule has 18 heavy (non-hydrogen) atoms. The lowest BCUT2D eigenvalue weighted by Gasteiger charge is -2.20. The van der Waals surface area contributed by atoms with Crippen LogP contribution in [-0.2, 0) is 9.53 Å². The Balaban J connectivity index is 2.44. The Morgan fingerprint density at radius 1 is 1.56 bits per heavy atom. The van der Waals surface area contributed by atoms with Crippen molar-refractivity contribution in [3.63, 3.8) is 0 Å². The van der Waals surface area contributed by atoms with Gasteiger partial charge in [-0.15, -0.1) is 0 Å². The molecule has 0 radical (unpaired) electrons. The van der Waals surface area contributed by atoms with E-state index in [0.29, 0.717) is 13.1 Å². The van der Waals surface area contributed by atoms with Gasteiger partial charge < -0.3 is 9.64 Å². The molecule has 1 amide bonds. The molecule has 6 heteroatoms. The molecule has 1 aromatic rings. The molecule has 98 valence electrons. The van der Waals surface area contributed by atoms with E-state index in [1.165, 1.54) is 12.3 Å². The lowest BCUT2D eigenvalue weighted by molar-refractivity contribution is -0.133. The Morgan fingerprint density at radius 3 is 2.78 bits per heavy atom. The number of nitrogens with zero attached hydrogens (tertiary/aromatic N) is 2. The molecule has 0 aliphatic heterocycles. The number of H-pyrrole nitrogens is 1. The molecule has 0 spiro atoms. The number of ether oxygens (including phenoxy) is 1. The molecule has 1 rings (SSSR count). The molecule has 0 saturated carbocycles. The minimum absolute atomic E-state index is 0.228. The summed E-state index contributed by atoms with van der Waals surface area (Å²) in [5.74, 6) is -0.833.